The summed E-state index contributed by atoms with van der Waals surface area (Å²) in [7, 11) is 0. The van der Waals surface area contributed by atoms with Crippen molar-refractivity contribution in [2.24, 2.45) is 0 Å². The number of anilines is 1. The molecule has 0 radical (unpaired) electrons. The minimum atomic E-state index is 0.179. The summed E-state index contributed by atoms with van der Waals surface area (Å²) in [5.41, 5.74) is 0.997. The standard InChI is InChI=1S/C15H16N4O/c1-2-14(20)19-10-18(11-19)13-8-9-16-15(17-13)12-6-4-3-5-7-12/h3-9H,2,10-11H2,1H3. The second-order valence-corrected chi connectivity index (χ2v) is 4.71. The van der Waals surface area contributed by atoms with E-state index in [2.05, 4.69) is 14.9 Å². The molecule has 2 aromatic rings. The number of carbonyl (C=O) groups excluding carboxylic acids is 1. The molecule has 1 aliphatic rings. The van der Waals surface area contributed by atoms with E-state index in [1.165, 1.54) is 0 Å². The number of amides is 1. The van der Waals surface area contributed by atoms with Crippen LogP contribution in [0.15, 0.2) is 42.6 Å². The number of benzene rings is 1. The number of hydrogen-bond acceptors (Lipinski definition) is 4. The highest BCUT2D eigenvalue weighted by atomic mass is 16.2. The quantitative estimate of drug-likeness (QED) is 0.855. The van der Waals surface area contributed by atoms with Crippen molar-refractivity contribution < 1.29 is 4.79 Å². The second kappa shape index (κ2) is 5.28. The first-order chi connectivity index (χ1) is 9.78. The van der Waals surface area contributed by atoms with Crippen molar-refractivity contribution in [3.8, 4) is 11.4 Å². The number of aromatic nitrogens is 2. The predicted molar refractivity (Wildman–Crippen MR) is 76.8 cm³/mol. The van der Waals surface area contributed by atoms with Gasteiger partial charge in [0.2, 0.25) is 5.91 Å². The van der Waals surface area contributed by atoms with Gasteiger partial charge >= 0.3 is 0 Å². The Morgan fingerprint density at radius 1 is 1.20 bits per heavy atom. The van der Waals surface area contributed by atoms with Gasteiger partial charge < -0.3 is 9.80 Å². The van der Waals surface area contributed by atoms with Crippen molar-refractivity contribution in [2.45, 2.75) is 13.3 Å². The molecule has 0 aliphatic carbocycles. The molecule has 1 aromatic carbocycles. The average Bonchev–Trinajstić information content (AvgIpc) is 2.47. The first-order valence-corrected chi connectivity index (χ1v) is 6.69. The van der Waals surface area contributed by atoms with Gasteiger partial charge in [-0.25, -0.2) is 9.97 Å². The molecular formula is C15H16N4O. The van der Waals surface area contributed by atoms with Crippen LogP contribution in [0.25, 0.3) is 11.4 Å². The molecule has 0 N–H and O–H groups in total. The van der Waals surface area contributed by atoms with Gasteiger partial charge in [-0.3, -0.25) is 4.79 Å². The number of carbonyl (C=O) groups is 1. The third-order valence-electron chi connectivity index (χ3n) is 3.33. The van der Waals surface area contributed by atoms with Crippen molar-refractivity contribution >= 4 is 11.7 Å². The van der Waals surface area contributed by atoms with E-state index in [1.807, 2.05) is 48.2 Å². The van der Waals surface area contributed by atoms with Gasteiger partial charge in [-0.2, -0.15) is 0 Å². The highest BCUT2D eigenvalue weighted by Gasteiger charge is 2.28. The molecule has 1 aromatic heterocycles. The number of hydrogen-bond donors (Lipinski definition) is 0. The van der Waals surface area contributed by atoms with Crippen molar-refractivity contribution in [1.29, 1.82) is 0 Å². The fraction of sp³-hybridized carbons (Fsp3) is 0.267. The fourth-order valence-corrected chi connectivity index (χ4v) is 2.15. The fourth-order valence-electron chi connectivity index (χ4n) is 2.15. The summed E-state index contributed by atoms with van der Waals surface area (Å²) >= 11 is 0. The number of nitrogens with zero attached hydrogens (tertiary/aromatic N) is 4. The molecule has 20 heavy (non-hydrogen) atoms. The maximum atomic E-state index is 11.5. The Morgan fingerprint density at radius 2 is 1.95 bits per heavy atom. The van der Waals surface area contributed by atoms with Gasteiger partial charge in [0.05, 0.1) is 13.3 Å². The molecule has 1 aliphatic heterocycles. The van der Waals surface area contributed by atoms with Crippen molar-refractivity contribution in [3.05, 3.63) is 42.6 Å². The van der Waals surface area contributed by atoms with E-state index in [1.54, 1.807) is 6.20 Å². The normalized spacial score (nSPS) is 14.1. The lowest BCUT2D eigenvalue weighted by molar-refractivity contribution is -0.134. The Labute approximate surface area is 117 Å². The van der Waals surface area contributed by atoms with E-state index < -0.39 is 0 Å². The zero-order valence-electron chi connectivity index (χ0n) is 11.4. The van der Waals surface area contributed by atoms with Crippen LogP contribution in [0.5, 0.6) is 0 Å². The molecule has 0 saturated carbocycles. The van der Waals surface area contributed by atoms with Crippen molar-refractivity contribution in [3.63, 3.8) is 0 Å². The summed E-state index contributed by atoms with van der Waals surface area (Å²) in [6.07, 6.45) is 2.31. The zero-order chi connectivity index (χ0) is 13.9. The van der Waals surface area contributed by atoms with Gasteiger partial charge in [-0.1, -0.05) is 37.3 Å². The smallest absolute Gasteiger partial charge is 0.225 e. The largest absolute Gasteiger partial charge is 0.321 e. The van der Waals surface area contributed by atoms with Crippen molar-refractivity contribution in [2.75, 3.05) is 18.2 Å². The Hall–Kier alpha value is -2.43. The average molecular weight is 268 g/mol. The minimum Gasteiger partial charge on any atom is -0.321 e. The topological polar surface area (TPSA) is 49.3 Å². The monoisotopic (exact) mass is 268 g/mol. The van der Waals surface area contributed by atoms with E-state index in [0.29, 0.717) is 25.6 Å². The number of rotatable bonds is 3. The molecule has 102 valence electrons. The van der Waals surface area contributed by atoms with Crippen LogP contribution < -0.4 is 4.90 Å². The SMILES string of the molecule is CCC(=O)N1CN(c2ccnc(-c3ccccc3)n2)C1. The first kappa shape index (κ1) is 12.6. The molecule has 1 fully saturated rings. The Kier molecular flexibility index (Phi) is 3.33. The maximum Gasteiger partial charge on any atom is 0.225 e. The molecule has 1 saturated heterocycles. The Balaban J connectivity index is 1.75. The van der Waals surface area contributed by atoms with Crippen LogP contribution in [-0.2, 0) is 4.79 Å². The molecule has 0 bridgehead atoms. The highest BCUT2D eigenvalue weighted by Crippen LogP contribution is 2.22. The summed E-state index contributed by atoms with van der Waals surface area (Å²) in [6.45, 7) is 3.10. The Morgan fingerprint density at radius 3 is 2.65 bits per heavy atom. The summed E-state index contributed by atoms with van der Waals surface area (Å²) in [4.78, 5) is 24.3. The van der Waals surface area contributed by atoms with E-state index in [-0.39, 0.29) is 5.91 Å². The molecule has 0 atom stereocenters. The van der Waals surface area contributed by atoms with Gasteiger partial charge in [0.1, 0.15) is 5.82 Å². The molecule has 2 heterocycles. The molecule has 0 unspecified atom stereocenters. The van der Waals surface area contributed by atoms with E-state index in [0.717, 1.165) is 11.4 Å². The van der Waals surface area contributed by atoms with Crippen LogP contribution >= 0.6 is 0 Å². The summed E-state index contributed by atoms with van der Waals surface area (Å²) in [5, 5.41) is 0. The lowest BCUT2D eigenvalue weighted by Gasteiger charge is -2.43. The maximum absolute atomic E-state index is 11.5. The van der Waals surface area contributed by atoms with Gasteiger partial charge in [0, 0.05) is 18.2 Å². The summed E-state index contributed by atoms with van der Waals surface area (Å²) in [6, 6.07) is 11.8. The molecule has 5 heteroatoms. The Bertz CT molecular complexity index is 608. The van der Waals surface area contributed by atoms with E-state index >= 15 is 0 Å². The molecule has 5 nitrogen and oxygen atoms in total. The van der Waals surface area contributed by atoms with Gasteiger partial charge in [-0.05, 0) is 6.07 Å². The van der Waals surface area contributed by atoms with Crippen LogP contribution in [0, 0.1) is 0 Å². The lowest BCUT2D eigenvalue weighted by Crippen LogP contribution is -2.57. The first-order valence-electron chi connectivity index (χ1n) is 6.69. The molecule has 3 rings (SSSR count). The van der Waals surface area contributed by atoms with Gasteiger partial charge in [0.15, 0.2) is 5.82 Å². The third-order valence-corrected chi connectivity index (χ3v) is 3.33. The van der Waals surface area contributed by atoms with Crippen LogP contribution in [0.1, 0.15) is 13.3 Å². The minimum absolute atomic E-state index is 0.179. The van der Waals surface area contributed by atoms with Crippen LogP contribution in [0.2, 0.25) is 0 Å². The predicted octanol–water partition coefficient (Wildman–Crippen LogP) is 2.12. The summed E-state index contributed by atoms with van der Waals surface area (Å²) < 4.78 is 0. The van der Waals surface area contributed by atoms with Crippen LogP contribution in [-0.4, -0.2) is 34.1 Å². The highest BCUT2D eigenvalue weighted by molar-refractivity contribution is 5.77. The molecular weight excluding hydrogens is 252 g/mol. The second-order valence-electron chi connectivity index (χ2n) is 4.71. The lowest BCUT2D eigenvalue weighted by atomic mass is 10.2. The van der Waals surface area contributed by atoms with Crippen molar-refractivity contribution in [1.82, 2.24) is 14.9 Å². The van der Waals surface area contributed by atoms with Gasteiger partial charge in [0.25, 0.3) is 0 Å². The third kappa shape index (κ3) is 2.34. The van der Waals surface area contributed by atoms with Gasteiger partial charge in [-0.15, -0.1) is 0 Å². The van der Waals surface area contributed by atoms with Crippen LogP contribution in [0.4, 0.5) is 5.82 Å². The molecule has 1 amide bonds. The molecule has 0 spiro atoms. The van der Waals surface area contributed by atoms with E-state index in [9.17, 15) is 4.79 Å². The van der Waals surface area contributed by atoms with E-state index in [4.69, 9.17) is 0 Å². The summed E-state index contributed by atoms with van der Waals surface area (Å²) in [5.74, 6) is 1.75. The van der Waals surface area contributed by atoms with Crippen LogP contribution in [0.3, 0.4) is 0 Å². The zero-order valence-corrected chi connectivity index (χ0v) is 11.4.